The van der Waals surface area contributed by atoms with Crippen LogP contribution in [0.4, 0.5) is 0 Å². The molecule has 3 N–H and O–H groups in total. The second-order valence-corrected chi connectivity index (χ2v) is 7.55. The van der Waals surface area contributed by atoms with E-state index in [1.54, 1.807) is 31.4 Å². The number of hydrogen-bond donors (Lipinski definition) is 3. The fourth-order valence-corrected chi connectivity index (χ4v) is 3.31. The molecule has 0 saturated carbocycles. The first kappa shape index (κ1) is 26.5. The molecule has 30 heavy (non-hydrogen) atoms. The van der Waals surface area contributed by atoms with Crippen molar-refractivity contribution in [2.75, 3.05) is 52.9 Å². The van der Waals surface area contributed by atoms with E-state index in [-0.39, 0.29) is 29.9 Å². The van der Waals surface area contributed by atoms with Gasteiger partial charge in [0, 0.05) is 31.7 Å². The van der Waals surface area contributed by atoms with Gasteiger partial charge in [-0.3, -0.25) is 9.79 Å². The Morgan fingerprint density at radius 3 is 2.43 bits per heavy atom. The van der Waals surface area contributed by atoms with Gasteiger partial charge < -0.3 is 25.6 Å². The minimum atomic E-state index is -0.0905. The van der Waals surface area contributed by atoms with Crippen LogP contribution in [0.3, 0.4) is 0 Å². The summed E-state index contributed by atoms with van der Waals surface area (Å²) in [4.78, 5) is 19.4. The molecule has 1 saturated heterocycles. The zero-order valence-corrected chi connectivity index (χ0v) is 20.9. The van der Waals surface area contributed by atoms with E-state index in [0.717, 1.165) is 43.7 Å². The van der Waals surface area contributed by atoms with Crippen molar-refractivity contribution < 1.29 is 9.53 Å². The number of rotatable bonds is 10. The number of benzene rings is 1. The number of guanidine groups is 1. The largest absolute Gasteiger partial charge is 0.497 e. The van der Waals surface area contributed by atoms with E-state index in [4.69, 9.17) is 4.74 Å². The number of piperidine rings is 1. The second-order valence-electron chi connectivity index (χ2n) is 7.55. The van der Waals surface area contributed by atoms with E-state index >= 15 is 0 Å². The molecule has 0 bridgehead atoms. The maximum absolute atomic E-state index is 12.2. The lowest BCUT2D eigenvalue weighted by molar-refractivity contribution is 0.0954. The number of carbonyl (C=O) groups is 1. The molecule has 170 valence electrons. The first-order valence-corrected chi connectivity index (χ1v) is 10.8. The monoisotopic (exact) mass is 531 g/mol. The number of amides is 1. The molecule has 0 aliphatic carbocycles. The van der Waals surface area contributed by atoms with Crippen LogP contribution in [-0.4, -0.2) is 69.7 Å². The van der Waals surface area contributed by atoms with Crippen molar-refractivity contribution in [1.29, 1.82) is 0 Å². The normalized spacial score (nSPS) is 15.2. The Bertz CT molecular complexity index is 631. The number of aliphatic imine (C=N–C) groups is 1. The minimum absolute atomic E-state index is 0. The molecule has 0 radical (unpaired) electrons. The molecule has 1 heterocycles. The summed E-state index contributed by atoms with van der Waals surface area (Å²) in [5.74, 6) is 2.33. The number of ether oxygens (including phenoxy) is 1. The SMILES string of the molecule is CCNC(=NCCCN1CCC(C)CC1)NCCNC(=O)c1ccc(OC)cc1.I. The van der Waals surface area contributed by atoms with Crippen molar-refractivity contribution in [3.05, 3.63) is 29.8 Å². The molecule has 1 amide bonds. The zero-order valence-electron chi connectivity index (χ0n) is 18.6. The van der Waals surface area contributed by atoms with Crippen LogP contribution in [0, 0.1) is 5.92 Å². The summed E-state index contributed by atoms with van der Waals surface area (Å²) < 4.78 is 5.11. The first-order valence-electron chi connectivity index (χ1n) is 10.8. The second kappa shape index (κ2) is 15.3. The van der Waals surface area contributed by atoms with Crippen LogP contribution in [0.2, 0.25) is 0 Å². The summed E-state index contributed by atoms with van der Waals surface area (Å²) in [6, 6.07) is 7.09. The highest BCUT2D eigenvalue weighted by atomic mass is 127. The quantitative estimate of drug-likeness (QED) is 0.187. The Morgan fingerprint density at radius 2 is 1.80 bits per heavy atom. The van der Waals surface area contributed by atoms with Crippen LogP contribution in [0.15, 0.2) is 29.3 Å². The Labute approximate surface area is 198 Å². The van der Waals surface area contributed by atoms with Gasteiger partial charge in [0.25, 0.3) is 5.91 Å². The first-order chi connectivity index (χ1) is 14.1. The predicted molar refractivity (Wildman–Crippen MR) is 134 cm³/mol. The van der Waals surface area contributed by atoms with Gasteiger partial charge in [-0.25, -0.2) is 0 Å². The highest BCUT2D eigenvalue weighted by Crippen LogP contribution is 2.15. The summed E-state index contributed by atoms with van der Waals surface area (Å²) in [5, 5.41) is 9.45. The van der Waals surface area contributed by atoms with Crippen molar-refractivity contribution in [3.63, 3.8) is 0 Å². The van der Waals surface area contributed by atoms with Gasteiger partial charge in [-0.15, -0.1) is 24.0 Å². The van der Waals surface area contributed by atoms with Crippen molar-refractivity contribution in [1.82, 2.24) is 20.9 Å². The molecule has 8 heteroatoms. The molecule has 2 rings (SSSR count). The Kier molecular flexibility index (Phi) is 13.5. The number of nitrogens with one attached hydrogen (secondary N) is 3. The third-order valence-electron chi connectivity index (χ3n) is 5.18. The predicted octanol–water partition coefficient (Wildman–Crippen LogP) is 2.72. The lowest BCUT2D eigenvalue weighted by Crippen LogP contribution is -2.41. The van der Waals surface area contributed by atoms with Crippen molar-refractivity contribution in [2.45, 2.75) is 33.1 Å². The third-order valence-corrected chi connectivity index (χ3v) is 5.18. The van der Waals surface area contributed by atoms with Gasteiger partial charge in [-0.2, -0.15) is 0 Å². The standard InChI is InChI=1S/C22H37N5O2.HI/c1-4-23-22(25-12-5-15-27-16-10-18(2)11-17-27)26-14-13-24-21(28)19-6-8-20(29-3)9-7-19;/h6-9,18H,4-5,10-17H2,1-3H3,(H,24,28)(H2,23,25,26);1H. The smallest absolute Gasteiger partial charge is 0.251 e. The van der Waals surface area contributed by atoms with E-state index in [1.165, 1.54) is 25.9 Å². The number of halogens is 1. The molecule has 1 aromatic carbocycles. The third kappa shape index (κ3) is 9.97. The maximum atomic E-state index is 12.2. The minimum Gasteiger partial charge on any atom is -0.497 e. The van der Waals surface area contributed by atoms with E-state index in [1.807, 2.05) is 0 Å². The summed E-state index contributed by atoms with van der Waals surface area (Å²) >= 11 is 0. The number of nitrogens with zero attached hydrogens (tertiary/aromatic N) is 2. The summed E-state index contributed by atoms with van der Waals surface area (Å²) in [6.07, 6.45) is 3.70. The fourth-order valence-electron chi connectivity index (χ4n) is 3.31. The lowest BCUT2D eigenvalue weighted by atomic mass is 9.99. The van der Waals surface area contributed by atoms with Crippen LogP contribution < -0.4 is 20.7 Å². The molecule has 0 atom stereocenters. The van der Waals surface area contributed by atoms with E-state index in [2.05, 4.69) is 39.7 Å². The highest BCUT2D eigenvalue weighted by Gasteiger charge is 2.14. The average molecular weight is 531 g/mol. The Hall–Kier alpha value is -1.55. The van der Waals surface area contributed by atoms with E-state index < -0.39 is 0 Å². The van der Waals surface area contributed by atoms with E-state index in [9.17, 15) is 4.79 Å². The van der Waals surface area contributed by atoms with Crippen molar-refractivity contribution in [3.8, 4) is 5.75 Å². The van der Waals surface area contributed by atoms with Gasteiger partial charge in [0.05, 0.1) is 7.11 Å². The molecule has 1 aliphatic heterocycles. The zero-order chi connectivity index (χ0) is 20.9. The van der Waals surface area contributed by atoms with Gasteiger partial charge in [0.1, 0.15) is 5.75 Å². The molecule has 1 fully saturated rings. The van der Waals surface area contributed by atoms with Gasteiger partial charge in [0.15, 0.2) is 5.96 Å². The fraction of sp³-hybridized carbons (Fsp3) is 0.636. The topological polar surface area (TPSA) is 78.0 Å². The Morgan fingerprint density at radius 1 is 1.13 bits per heavy atom. The molecule has 0 aromatic heterocycles. The summed E-state index contributed by atoms with van der Waals surface area (Å²) in [7, 11) is 1.61. The van der Waals surface area contributed by atoms with Crippen LogP contribution in [0.1, 0.15) is 43.5 Å². The summed E-state index contributed by atoms with van der Waals surface area (Å²) in [5.41, 5.74) is 0.624. The molecule has 1 aliphatic rings. The van der Waals surface area contributed by atoms with Gasteiger partial charge in [-0.05, 0) is 76.0 Å². The molecule has 1 aromatic rings. The van der Waals surface area contributed by atoms with Crippen molar-refractivity contribution >= 4 is 35.8 Å². The van der Waals surface area contributed by atoms with Crippen LogP contribution in [-0.2, 0) is 0 Å². The highest BCUT2D eigenvalue weighted by molar-refractivity contribution is 14.0. The lowest BCUT2D eigenvalue weighted by Gasteiger charge is -2.29. The molecule has 0 spiro atoms. The number of carbonyl (C=O) groups excluding carboxylic acids is 1. The van der Waals surface area contributed by atoms with Crippen LogP contribution in [0.25, 0.3) is 0 Å². The molecular formula is C22H38IN5O2. The number of likely N-dealkylation sites (tertiary alicyclic amines) is 1. The van der Waals surface area contributed by atoms with Gasteiger partial charge >= 0.3 is 0 Å². The van der Waals surface area contributed by atoms with E-state index in [0.29, 0.717) is 18.7 Å². The van der Waals surface area contributed by atoms with Gasteiger partial charge in [0.2, 0.25) is 0 Å². The van der Waals surface area contributed by atoms with Crippen LogP contribution >= 0.6 is 24.0 Å². The molecule has 0 unspecified atom stereocenters. The number of methoxy groups -OCH3 is 1. The van der Waals surface area contributed by atoms with Gasteiger partial charge in [-0.1, -0.05) is 6.92 Å². The molecular weight excluding hydrogens is 493 g/mol. The number of hydrogen-bond acceptors (Lipinski definition) is 4. The maximum Gasteiger partial charge on any atom is 0.251 e. The summed E-state index contributed by atoms with van der Waals surface area (Å²) in [6.45, 7) is 10.7. The van der Waals surface area contributed by atoms with Crippen LogP contribution in [0.5, 0.6) is 5.75 Å². The van der Waals surface area contributed by atoms with Crippen molar-refractivity contribution in [2.24, 2.45) is 10.9 Å². The average Bonchev–Trinajstić information content (AvgIpc) is 2.75. The Balaban J connectivity index is 0.00000450. The molecule has 7 nitrogen and oxygen atoms in total.